The van der Waals surface area contributed by atoms with Crippen LogP contribution in [0.5, 0.6) is 0 Å². The Morgan fingerprint density at radius 3 is 1.67 bits per heavy atom. The van der Waals surface area contributed by atoms with Crippen molar-refractivity contribution in [1.82, 2.24) is 4.72 Å². The van der Waals surface area contributed by atoms with Gasteiger partial charge in [0.15, 0.2) is 0 Å². The second-order valence-electron chi connectivity index (χ2n) is 9.71. The van der Waals surface area contributed by atoms with Crippen molar-refractivity contribution in [3.63, 3.8) is 0 Å². The minimum absolute atomic E-state index is 0.0472. The number of carbonyl (C=O) groups is 2. The lowest BCUT2D eigenvalue weighted by atomic mass is 10.1. The van der Waals surface area contributed by atoms with Gasteiger partial charge in [0, 0.05) is 11.1 Å². The lowest BCUT2D eigenvalue weighted by Crippen LogP contribution is -2.34. The number of nitrogens with two attached hydrogens (primary N) is 1. The van der Waals surface area contributed by atoms with Gasteiger partial charge in [0.25, 0.3) is 0 Å². The highest BCUT2D eigenvalue weighted by Gasteiger charge is 2.25. The van der Waals surface area contributed by atoms with E-state index in [0.717, 1.165) is 5.56 Å². The summed E-state index contributed by atoms with van der Waals surface area (Å²) in [6, 6.07) is 27.3. The summed E-state index contributed by atoms with van der Waals surface area (Å²) < 4.78 is 63.2. The summed E-state index contributed by atoms with van der Waals surface area (Å²) in [7, 11) is -8.90. The highest BCUT2D eigenvalue weighted by atomic mass is 32.3. The SMILES string of the molecule is C#Cc1ccc(CS(=O)(=O)N[C@H](C(=O)O)c2ccccc2)cc1.C#Cc1ccc(N=S(=O)(F)F)cc1.N[C@@H](Cc1ccccc1)C(=O)O. The van der Waals surface area contributed by atoms with Crippen LogP contribution in [0.4, 0.5) is 13.5 Å². The molecule has 0 fully saturated rings. The molecule has 48 heavy (non-hydrogen) atoms. The number of nitrogens with zero attached hydrogens (tertiary/aromatic N) is 1. The summed E-state index contributed by atoms with van der Waals surface area (Å²) in [5, 5.41) is 17.8. The van der Waals surface area contributed by atoms with Crippen LogP contribution in [0.3, 0.4) is 0 Å². The van der Waals surface area contributed by atoms with Crippen LogP contribution >= 0.6 is 0 Å². The van der Waals surface area contributed by atoms with Gasteiger partial charge < -0.3 is 15.9 Å². The molecule has 250 valence electrons. The lowest BCUT2D eigenvalue weighted by molar-refractivity contribution is -0.139. The minimum atomic E-state index is -5.07. The van der Waals surface area contributed by atoms with Crippen LogP contribution in [-0.4, -0.2) is 40.8 Å². The third-order valence-corrected chi connectivity index (χ3v) is 7.75. The van der Waals surface area contributed by atoms with E-state index in [1.807, 2.05) is 30.3 Å². The molecule has 4 aromatic carbocycles. The average Bonchev–Trinajstić information content (AvgIpc) is 3.05. The van der Waals surface area contributed by atoms with Crippen LogP contribution < -0.4 is 10.5 Å². The smallest absolute Gasteiger partial charge is 0.371 e. The first-order valence-corrected chi connectivity index (χ1v) is 16.7. The number of hydrogen-bond acceptors (Lipinski definition) is 7. The van der Waals surface area contributed by atoms with E-state index in [1.165, 1.54) is 24.3 Å². The zero-order chi connectivity index (χ0) is 35.7. The van der Waals surface area contributed by atoms with Crippen molar-refractivity contribution in [3.05, 3.63) is 137 Å². The predicted molar refractivity (Wildman–Crippen MR) is 180 cm³/mol. The molecule has 4 rings (SSSR count). The van der Waals surface area contributed by atoms with E-state index in [1.54, 1.807) is 54.6 Å². The molecule has 0 heterocycles. The Morgan fingerprint density at radius 1 is 0.750 bits per heavy atom. The number of halogens is 2. The molecular formula is C34H31F2N3O7S2. The standard InChI is InChI=1S/C17H15NO4S.C9H11NO2.C8H5F2NOS/c1-2-13-8-10-14(11-9-13)12-23(21,22)18-16(17(19)20)15-6-4-3-5-7-15;10-8(9(11)12)6-7-4-2-1-3-5-7;1-2-7-3-5-8(6-4-7)11-13(9,10)12/h1,3-11,16,18H,12H2,(H,19,20);1-5,8H,6,10H2,(H,11,12);1,3-6H/t16-;8-;/m00./s1. The maximum absolute atomic E-state index is 12.2. The van der Waals surface area contributed by atoms with Gasteiger partial charge in [0.05, 0.1) is 11.4 Å². The fourth-order valence-corrected chi connectivity index (χ4v) is 5.42. The number of terminal acetylenes is 2. The fraction of sp³-hybridized carbons (Fsp3) is 0.118. The molecular weight excluding hydrogens is 665 g/mol. The van der Waals surface area contributed by atoms with Crippen LogP contribution in [0, 0.1) is 24.7 Å². The number of carboxylic acids is 2. The van der Waals surface area contributed by atoms with Crippen LogP contribution in [0.15, 0.2) is 114 Å². The Morgan fingerprint density at radius 2 is 1.23 bits per heavy atom. The molecule has 5 N–H and O–H groups in total. The number of rotatable bonds is 10. The van der Waals surface area contributed by atoms with Crippen molar-refractivity contribution in [2.75, 3.05) is 0 Å². The molecule has 14 heteroatoms. The molecule has 0 amide bonds. The molecule has 0 unspecified atom stereocenters. The van der Waals surface area contributed by atoms with E-state index < -0.39 is 44.5 Å². The summed E-state index contributed by atoms with van der Waals surface area (Å²) in [5.41, 5.74) is 8.35. The molecule has 0 aliphatic heterocycles. The number of aliphatic carboxylic acids is 2. The number of hydrogen-bond donors (Lipinski definition) is 4. The third-order valence-electron chi connectivity index (χ3n) is 6.02. The Balaban J connectivity index is 0.000000272. The van der Waals surface area contributed by atoms with Gasteiger partial charge in [-0.3, -0.25) is 9.59 Å². The molecule has 0 radical (unpaired) electrons. The van der Waals surface area contributed by atoms with Gasteiger partial charge in [0.2, 0.25) is 10.0 Å². The lowest BCUT2D eigenvalue weighted by Gasteiger charge is -2.15. The Labute approximate surface area is 278 Å². The van der Waals surface area contributed by atoms with E-state index >= 15 is 0 Å². The fourth-order valence-electron chi connectivity index (χ4n) is 3.74. The van der Waals surface area contributed by atoms with Crippen molar-refractivity contribution in [1.29, 1.82) is 0 Å². The summed E-state index contributed by atoms with van der Waals surface area (Å²) in [6.45, 7) is 0. The predicted octanol–water partition coefficient (Wildman–Crippen LogP) is 5.09. The second kappa shape index (κ2) is 18.7. The number of nitrogens with one attached hydrogen (secondary N) is 1. The van der Waals surface area contributed by atoms with Gasteiger partial charge in [0.1, 0.15) is 12.1 Å². The van der Waals surface area contributed by atoms with Crippen molar-refractivity contribution in [2.24, 2.45) is 10.1 Å². The molecule has 4 aromatic rings. The maximum atomic E-state index is 12.2. The number of carboxylic acid groups (broad SMARTS) is 2. The summed E-state index contributed by atoms with van der Waals surface area (Å²) in [4.78, 5) is 21.7. The molecule has 2 atom stereocenters. The zero-order valence-corrected chi connectivity index (χ0v) is 26.8. The van der Waals surface area contributed by atoms with E-state index in [-0.39, 0.29) is 11.4 Å². The summed E-state index contributed by atoms with van der Waals surface area (Å²) in [6.07, 6.45) is 10.7. The molecule has 0 saturated carbocycles. The van der Waals surface area contributed by atoms with Crippen molar-refractivity contribution in [2.45, 2.75) is 24.3 Å². The quantitative estimate of drug-likeness (QED) is 0.131. The maximum Gasteiger partial charge on any atom is 0.371 e. The van der Waals surface area contributed by atoms with Gasteiger partial charge in [-0.25, -0.2) is 8.42 Å². The Bertz CT molecular complexity index is 1960. The second-order valence-corrected chi connectivity index (χ2v) is 12.4. The molecule has 0 aromatic heterocycles. The van der Waals surface area contributed by atoms with Crippen LogP contribution in [0.25, 0.3) is 0 Å². The van der Waals surface area contributed by atoms with E-state index in [4.69, 9.17) is 23.7 Å². The highest BCUT2D eigenvalue weighted by Crippen LogP contribution is 2.17. The van der Waals surface area contributed by atoms with Crippen LogP contribution in [0.1, 0.15) is 33.9 Å². The molecule has 10 nitrogen and oxygen atoms in total. The van der Waals surface area contributed by atoms with Gasteiger partial charge >= 0.3 is 22.4 Å². The summed E-state index contributed by atoms with van der Waals surface area (Å²) >= 11 is 0. The molecule has 0 saturated heterocycles. The minimum Gasteiger partial charge on any atom is -0.480 e. The van der Waals surface area contributed by atoms with E-state index in [0.29, 0.717) is 28.7 Å². The first-order valence-electron chi connectivity index (χ1n) is 13.7. The highest BCUT2D eigenvalue weighted by molar-refractivity contribution is 7.88. The average molecular weight is 696 g/mol. The van der Waals surface area contributed by atoms with Gasteiger partial charge in [-0.2, -0.15) is 8.93 Å². The Hall–Kier alpha value is -5.38. The number of benzene rings is 4. The monoisotopic (exact) mass is 695 g/mol. The topological polar surface area (TPSA) is 176 Å². The van der Waals surface area contributed by atoms with E-state index in [2.05, 4.69) is 20.9 Å². The van der Waals surface area contributed by atoms with Crippen molar-refractivity contribution >= 4 is 38.2 Å². The van der Waals surface area contributed by atoms with Crippen molar-refractivity contribution in [3.8, 4) is 24.7 Å². The third kappa shape index (κ3) is 14.8. The molecule has 0 spiro atoms. The van der Waals surface area contributed by atoms with Gasteiger partial charge in [-0.05, 0) is 59.5 Å². The molecule has 0 bridgehead atoms. The van der Waals surface area contributed by atoms with Crippen molar-refractivity contribution < 1.29 is 40.2 Å². The van der Waals surface area contributed by atoms with Crippen LogP contribution in [-0.2, 0) is 42.3 Å². The van der Waals surface area contributed by atoms with Crippen LogP contribution in [0.2, 0.25) is 0 Å². The van der Waals surface area contributed by atoms with Gasteiger partial charge in [-0.15, -0.1) is 17.2 Å². The molecule has 0 aliphatic rings. The first kappa shape index (κ1) is 38.8. The first-order chi connectivity index (χ1) is 22.6. The Kier molecular flexibility index (Phi) is 15.1. The summed E-state index contributed by atoms with van der Waals surface area (Å²) in [5.74, 6) is 2.21. The van der Waals surface area contributed by atoms with Gasteiger partial charge in [-0.1, -0.05) is 92.4 Å². The zero-order valence-electron chi connectivity index (χ0n) is 25.1. The molecule has 0 aliphatic carbocycles. The largest absolute Gasteiger partial charge is 0.480 e. The van der Waals surface area contributed by atoms with E-state index in [9.17, 15) is 35.1 Å². The number of sulfonamides is 1. The normalized spacial score (nSPS) is 11.9.